The Kier molecular flexibility index (Phi) is 5.65. The van der Waals surface area contributed by atoms with E-state index in [0.29, 0.717) is 23.9 Å². The summed E-state index contributed by atoms with van der Waals surface area (Å²) in [6.07, 6.45) is 0. The molecule has 4 rings (SSSR count). The number of amides is 1. The molecule has 1 amide bonds. The van der Waals surface area contributed by atoms with Crippen molar-refractivity contribution < 1.29 is 28.3 Å². The summed E-state index contributed by atoms with van der Waals surface area (Å²) in [4.78, 5) is 23.4. The lowest BCUT2D eigenvalue weighted by molar-refractivity contribution is -0.385. The van der Waals surface area contributed by atoms with Crippen molar-refractivity contribution >= 4 is 11.6 Å². The van der Waals surface area contributed by atoms with Gasteiger partial charge in [0, 0.05) is 12.6 Å². The Morgan fingerprint density at radius 2 is 1.58 bits per heavy atom. The summed E-state index contributed by atoms with van der Waals surface area (Å²) in [6, 6.07) is 15.1. The highest BCUT2D eigenvalue weighted by Gasteiger charge is 2.26. The number of hydrogen-bond acceptors (Lipinski definition) is 6. The van der Waals surface area contributed by atoms with Gasteiger partial charge < -0.3 is 19.5 Å². The van der Waals surface area contributed by atoms with Gasteiger partial charge in [0.2, 0.25) is 0 Å². The van der Waals surface area contributed by atoms with Crippen LogP contribution in [0.1, 0.15) is 15.9 Å². The van der Waals surface area contributed by atoms with E-state index in [-0.39, 0.29) is 36.0 Å². The number of carbonyl (C=O) groups excluding carboxylic acids is 1. The third kappa shape index (κ3) is 4.72. The van der Waals surface area contributed by atoms with E-state index >= 15 is 0 Å². The fourth-order valence-corrected chi connectivity index (χ4v) is 3.00. The zero-order valence-corrected chi connectivity index (χ0v) is 16.2. The van der Waals surface area contributed by atoms with Crippen LogP contribution in [0.15, 0.2) is 60.7 Å². The first kappa shape index (κ1) is 20.1. The van der Waals surface area contributed by atoms with E-state index in [2.05, 4.69) is 5.32 Å². The number of nitro groups is 1. The maximum Gasteiger partial charge on any atom is 0.286 e. The lowest BCUT2D eigenvalue weighted by Gasteiger charge is -2.18. The van der Waals surface area contributed by atoms with Gasteiger partial charge >= 0.3 is 0 Å². The Labute approximate surface area is 176 Å². The van der Waals surface area contributed by atoms with E-state index < -0.39 is 10.8 Å². The fourth-order valence-electron chi connectivity index (χ4n) is 3.00. The molecular formula is C22H17FN2O6. The lowest BCUT2D eigenvalue weighted by atomic mass is 10.1. The van der Waals surface area contributed by atoms with Gasteiger partial charge in [0.25, 0.3) is 11.6 Å². The molecule has 0 bridgehead atoms. The Bertz CT molecular complexity index is 1120. The molecule has 0 aromatic heterocycles. The van der Waals surface area contributed by atoms with Gasteiger partial charge in [-0.1, -0.05) is 12.1 Å². The van der Waals surface area contributed by atoms with Gasteiger partial charge in [0.05, 0.1) is 11.0 Å². The number of hydrogen-bond donors (Lipinski definition) is 1. The van der Waals surface area contributed by atoms with Crippen molar-refractivity contribution in [1.29, 1.82) is 0 Å². The Morgan fingerprint density at radius 3 is 2.19 bits per heavy atom. The highest BCUT2D eigenvalue weighted by atomic mass is 19.1. The van der Waals surface area contributed by atoms with Gasteiger partial charge in [-0.15, -0.1) is 0 Å². The quantitative estimate of drug-likeness (QED) is 0.470. The maximum absolute atomic E-state index is 13.0. The molecule has 8 nitrogen and oxygen atoms in total. The number of carbonyl (C=O) groups is 1. The first-order valence-corrected chi connectivity index (χ1v) is 9.38. The molecule has 158 valence electrons. The van der Waals surface area contributed by atoms with Crippen LogP contribution in [0.4, 0.5) is 10.1 Å². The summed E-state index contributed by atoms with van der Waals surface area (Å²) in [5.41, 5.74) is 0.301. The van der Waals surface area contributed by atoms with E-state index in [0.717, 1.165) is 5.56 Å². The van der Waals surface area contributed by atoms with Crippen LogP contribution in [-0.4, -0.2) is 24.0 Å². The highest BCUT2D eigenvalue weighted by Crippen LogP contribution is 2.36. The van der Waals surface area contributed by atoms with Crippen LogP contribution in [0.25, 0.3) is 0 Å². The predicted octanol–water partition coefficient (Wildman–Crippen LogP) is 4.23. The standard InChI is InChI=1S/C22H17FN2O6/c23-15-3-7-17(8-4-15)31-16-5-1-14(2-6-16)13-24-22(26)18-11-20-21(30-10-9-29-20)12-19(18)25(27)28/h1-8,11-12H,9-10,13H2,(H,24,26). The third-order valence-corrected chi connectivity index (χ3v) is 4.53. The first-order chi connectivity index (χ1) is 15.0. The summed E-state index contributed by atoms with van der Waals surface area (Å²) in [5.74, 6) is 0.625. The average Bonchev–Trinajstić information content (AvgIpc) is 2.79. The Morgan fingerprint density at radius 1 is 1.00 bits per heavy atom. The minimum absolute atomic E-state index is 0.106. The van der Waals surface area contributed by atoms with E-state index in [4.69, 9.17) is 14.2 Å². The molecule has 0 saturated heterocycles. The number of ether oxygens (including phenoxy) is 3. The van der Waals surface area contributed by atoms with Crippen molar-refractivity contribution in [3.63, 3.8) is 0 Å². The molecular weight excluding hydrogens is 407 g/mol. The van der Waals surface area contributed by atoms with Crippen LogP contribution in [0.2, 0.25) is 0 Å². The number of rotatable bonds is 6. The normalized spacial score (nSPS) is 12.2. The summed E-state index contributed by atoms with van der Waals surface area (Å²) < 4.78 is 29.4. The number of nitro benzene ring substituents is 1. The second kappa shape index (κ2) is 8.70. The summed E-state index contributed by atoms with van der Waals surface area (Å²) in [5, 5.41) is 14.1. The van der Waals surface area contributed by atoms with Crippen molar-refractivity contribution in [2.75, 3.05) is 13.2 Å². The minimum Gasteiger partial charge on any atom is -0.486 e. The zero-order chi connectivity index (χ0) is 21.8. The van der Waals surface area contributed by atoms with Gasteiger partial charge in [0.1, 0.15) is 36.1 Å². The molecule has 3 aromatic carbocycles. The van der Waals surface area contributed by atoms with Crippen LogP contribution in [0.5, 0.6) is 23.0 Å². The van der Waals surface area contributed by atoms with Gasteiger partial charge in [0.15, 0.2) is 11.5 Å². The predicted molar refractivity (Wildman–Crippen MR) is 108 cm³/mol. The largest absolute Gasteiger partial charge is 0.486 e. The lowest BCUT2D eigenvalue weighted by Crippen LogP contribution is -2.24. The molecule has 1 aliphatic heterocycles. The third-order valence-electron chi connectivity index (χ3n) is 4.53. The van der Waals surface area contributed by atoms with Gasteiger partial charge in [-0.2, -0.15) is 0 Å². The van der Waals surface area contributed by atoms with E-state index in [9.17, 15) is 19.3 Å². The van der Waals surface area contributed by atoms with Crippen molar-refractivity contribution in [3.05, 3.63) is 87.7 Å². The van der Waals surface area contributed by atoms with Crippen molar-refractivity contribution in [2.45, 2.75) is 6.54 Å². The second-order valence-electron chi connectivity index (χ2n) is 6.65. The molecule has 1 aliphatic rings. The number of nitrogens with zero attached hydrogens (tertiary/aromatic N) is 1. The van der Waals surface area contributed by atoms with Crippen LogP contribution in [0.3, 0.4) is 0 Å². The topological polar surface area (TPSA) is 99.9 Å². The fraction of sp³-hybridized carbons (Fsp3) is 0.136. The van der Waals surface area contributed by atoms with Crippen LogP contribution < -0.4 is 19.5 Å². The summed E-state index contributed by atoms with van der Waals surface area (Å²) in [7, 11) is 0. The molecule has 0 fully saturated rings. The molecule has 3 aromatic rings. The van der Waals surface area contributed by atoms with E-state index in [1.165, 1.54) is 36.4 Å². The number of nitrogens with one attached hydrogen (secondary N) is 1. The minimum atomic E-state index is -0.630. The summed E-state index contributed by atoms with van der Waals surface area (Å²) in [6.45, 7) is 0.746. The molecule has 0 aliphatic carbocycles. The van der Waals surface area contributed by atoms with Gasteiger partial charge in [-0.05, 0) is 42.0 Å². The van der Waals surface area contributed by atoms with Crippen LogP contribution >= 0.6 is 0 Å². The molecule has 31 heavy (non-hydrogen) atoms. The molecule has 0 spiro atoms. The average molecular weight is 424 g/mol. The molecule has 0 atom stereocenters. The SMILES string of the molecule is O=C(NCc1ccc(Oc2ccc(F)cc2)cc1)c1cc2c(cc1[N+](=O)[O-])OCCO2. The molecule has 1 heterocycles. The Balaban J connectivity index is 1.42. The number of halogens is 1. The van der Waals surface area contributed by atoms with Gasteiger partial charge in [-0.3, -0.25) is 14.9 Å². The van der Waals surface area contributed by atoms with Crippen LogP contribution in [0, 0.1) is 15.9 Å². The van der Waals surface area contributed by atoms with E-state index in [1.54, 1.807) is 24.3 Å². The van der Waals surface area contributed by atoms with Crippen molar-refractivity contribution in [3.8, 4) is 23.0 Å². The number of benzene rings is 3. The van der Waals surface area contributed by atoms with Crippen molar-refractivity contribution in [1.82, 2.24) is 5.32 Å². The number of fused-ring (bicyclic) bond motifs is 1. The highest BCUT2D eigenvalue weighted by molar-refractivity contribution is 5.99. The van der Waals surface area contributed by atoms with Gasteiger partial charge in [-0.25, -0.2) is 4.39 Å². The maximum atomic E-state index is 13.0. The Hall–Kier alpha value is -4.14. The monoisotopic (exact) mass is 424 g/mol. The molecule has 9 heteroatoms. The molecule has 0 radical (unpaired) electrons. The first-order valence-electron chi connectivity index (χ1n) is 9.38. The van der Waals surface area contributed by atoms with E-state index in [1.807, 2.05) is 0 Å². The smallest absolute Gasteiger partial charge is 0.286 e. The zero-order valence-electron chi connectivity index (χ0n) is 16.2. The molecule has 0 saturated carbocycles. The van der Waals surface area contributed by atoms with Crippen molar-refractivity contribution in [2.24, 2.45) is 0 Å². The summed E-state index contributed by atoms with van der Waals surface area (Å²) >= 11 is 0. The molecule has 1 N–H and O–H groups in total. The van der Waals surface area contributed by atoms with Crippen LogP contribution in [-0.2, 0) is 6.54 Å². The second-order valence-corrected chi connectivity index (χ2v) is 6.65. The molecule has 0 unspecified atom stereocenters.